The van der Waals surface area contributed by atoms with Crippen molar-refractivity contribution in [3.63, 3.8) is 0 Å². The molecule has 0 saturated heterocycles. The number of carbonyl (C=O) groups excluding carboxylic acids is 2. The maximum Gasteiger partial charge on any atom is 0.256 e. The predicted molar refractivity (Wildman–Crippen MR) is 131 cm³/mol. The Bertz CT molecular complexity index is 1460. The molecule has 2 aliphatic heterocycles. The van der Waals surface area contributed by atoms with Gasteiger partial charge in [-0.05, 0) is 59.7 Å². The first-order valence-electron chi connectivity index (χ1n) is 11.0. The monoisotopic (exact) mass is 444 g/mol. The van der Waals surface area contributed by atoms with E-state index < -0.39 is 5.41 Å². The Hall–Kier alpha value is -4.58. The van der Waals surface area contributed by atoms with Crippen LogP contribution in [0.4, 0.5) is 11.4 Å². The molecule has 2 amide bonds. The number of benzene rings is 2. The summed E-state index contributed by atoms with van der Waals surface area (Å²) >= 11 is 0. The zero-order valence-corrected chi connectivity index (χ0v) is 18.2. The van der Waals surface area contributed by atoms with Crippen molar-refractivity contribution in [1.82, 2.24) is 9.97 Å². The van der Waals surface area contributed by atoms with E-state index in [0.717, 1.165) is 33.8 Å². The maximum absolute atomic E-state index is 13.6. The molecule has 1 atom stereocenters. The van der Waals surface area contributed by atoms with Gasteiger partial charge in [0.2, 0.25) is 5.91 Å². The van der Waals surface area contributed by atoms with Crippen molar-refractivity contribution in [3.05, 3.63) is 119 Å². The number of hydrogen-bond acceptors (Lipinski definition) is 4. The number of amides is 2. The van der Waals surface area contributed by atoms with E-state index in [0.29, 0.717) is 17.7 Å². The van der Waals surface area contributed by atoms with E-state index >= 15 is 0 Å². The van der Waals surface area contributed by atoms with Crippen molar-refractivity contribution < 1.29 is 9.59 Å². The average Bonchev–Trinajstić information content (AvgIpc) is 3.33. The fraction of sp³-hybridized carbons (Fsp3) is 0.0714. The van der Waals surface area contributed by atoms with Crippen LogP contribution in [0, 0.1) is 0 Å². The second kappa shape index (κ2) is 7.78. The van der Waals surface area contributed by atoms with Crippen LogP contribution in [0.3, 0.4) is 0 Å². The van der Waals surface area contributed by atoms with Gasteiger partial charge in [-0.1, -0.05) is 36.4 Å². The molecule has 0 bridgehead atoms. The number of fused-ring (bicyclic) bond motifs is 2. The highest BCUT2D eigenvalue weighted by molar-refractivity contribution is 6.35. The first-order chi connectivity index (χ1) is 16.6. The average molecular weight is 444 g/mol. The minimum absolute atomic E-state index is 0.105. The quantitative estimate of drug-likeness (QED) is 0.456. The molecule has 0 spiro atoms. The molecule has 6 rings (SSSR count). The summed E-state index contributed by atoms with van der Waals surface area (Å²) in [6.45, 7) is 0. The molecule has 6 heteroatoms. The SMILES string of the molecule is O=C1Nc2ccc([C@@]3(Cc4ccccn4)C(=O)Nc4ccccc43)cc2/C1=C/c1ccccn1. The highest BCUT2D eigenvalue weighted by atomic mass is 16.2. The summed E-state index contributed by atoms with van der Waals surface area (Å²) in [5.74, 6) is -0.292. The number of nitrogens with one attached hydrogen (secondary N) is 2. The third-order valence-corrected chi connectivity index (χ3v) is 6.47. The van der Waals surface area contributed by atoms with Gasteiger partial charge in [0.25, 0.3) is 5.91 Å². The molecule has 0 saturated carbocycles. The van der Waals surface area contributed by atoms with Crippen LogP contribution >= 0.6 is 0 Å². The van der Waals surface area contributed by atoms with Crippen LogP contribution in [0.5, 0.6) is 0 Å². The highest BCUT2D eigenvalue weighted by Crippen LogP contribution is 2.47. The Morgan fingerprint density at radius 3 is 2.38 bits per heavy atom. The number of hydrogen-bond donors (Lipinski definition) is 2. The second-order valence-electron chi connectivity index (χ2n) is 8.43. The van der Waals surface area contributed by atoms with Gasteiger partial charge in [-0.15, -0.1) is 0 Å². The molecule has 4 aromatic rings. The number of aromatic nitrogens is 2. The van der Waals surface area contributed by atoms with Gasteiger partial charge in [0.1, 0.15) is 5.41 Å². The summed E-state index contributed by atoms with van der Waals surface area (Å²) < 4.78 is 0. The number of anilines is 2. The molecule has 2 N–H and O–H groups in total. The summed E-state index contributed by atoms with van der Waals surface area (Å²) in [6.07, 6.45) is 5.61. The van der Waals surface area contributed by atoms with E-state index in [4.69, 9.17) is 0 Å². The molecule has 164 valence electrons. The fourth-order valence-electron chi connectivity index (χ4n) is 4.86. The van der Waals surface area contributed by atoms with E-state index in [9.17, 15) is 9.59 Å². The van der Waals surface area contributed by atoms with Crippen molar-refractivity contribution in [3.8, 4) is 0 Å². The summed E-state index contributed by atoms with van der Waals surface area (Å²) in [4.78, 5) is 35.3. The first-order valence-corrected chi connectivity index (χ1v) is 11.0. The largest absolute Gasteiger partial charge is 0.325 e. The van der Waals surface area contributed by atoms with Crippen molar-refractivity contribution >= 4 is 34.8 Å². The highest BCUT2D eigenvalue weighted by Gasteiger charge is 2.49. The molecule has 6 nitrogen and oxygen atoms in total. The number of rotatable bonds is 4. The smallest absolute Gasteiger partial charge is 0.256 e. The van der Waals surface area contributed by atoms with E-state index in [-0.39, 0.29) is 11.8 Å². The number of carbonyl (C=O) groups is 2. The molecule has 0 unspecified atom stereocenters. The lowest BCUT2D eigenvalue weighted by molar-refractivity contribution is -0.119. The first kappa shape index (κ1) is 20.1. The standard InChI is InChI=1S/C28H20N4O2/c33-26-22(16-19-7-3-5-13-29-19)21-15-18(11-12-24(21)31-26)28(17-20-8-4-6-14-30-20)23-9-1-2-10-25(23)32-27(28)34/h1-16H,17H2,(H,31,33)(H,32,34)/b22-16-/t28-/m1/s1. The molecule has 2 aromatic carbocycles. The lowest BCUT2D eigenvalue weighted by Crippen LogP contribution is -2.38. The van der Waals surface area contributed by atoms with Gasteiger partial charge < -0.3 is 10.6 Å². The van der Waals surface area contributed by atoms with Crippen LogP contribution in [0.15, 0.2) is 91.3 Å². The normalized spacial score (nSPS) is 19.5. The van der Waals surface area contributed by atoms with Crippen molar-refractivity contribution in [2.24, 2.45) is 0 Å². The van der Waals surface area contributed by atoms with Gasteiger partial charge in [-0.25, -0.2) is 0 Å². The second-order valence-corrected chi connectivity index (χ2v) is 8.43. The van der Waals surface area contributed by atoms with E-state index in [1.165, 1.54) is 0 Å². The van der Waals surface area contributed by atoms with Crippen LogP contribution in [0.25, 0.3) is 11.6 Å². The molecule has 34 heavy (non-hydrogen) atoms. The van der Waals surface area contributed by atoms with Crippen molar-refractivity contribution in [2.45, 2.75) is 11.8 Å². The Labute approximate surface area is 196 Å². The molecule has 0 fully saturated rings. The molecule has 0 radical (unpaired) electrons. The van der Waals surface area contributed by atoms with Crippen LogP contribution in [-0.4, -0.2) is 21.8 Å². The maximum atomic E-state index is 13.6. The van der Waals surface area contributed by atoms with Gasteiger partial charge in [-0.3, -0.25) is 19.6 Å². The van der Waals surface area contributed by atoms with E-state index in [2.05, 4.69) is 20.6 Å². The van der Waals surface area contributed by atoms with Crippen LogP contribution in [-0.2, 0) is 21.4 Å². The molecule has 0 aliphatic carbocycles. The molecular weight excluding hydrogens is 424 g/mol. The summed E-state index contributed by atoms with van der Waals surface area (Å²) in [6, 6.07) is 24.8. The topological polar surface area (TPSA) is 84.0 Å². The summed E-state index contributed by atoms with van der Waals surface area (Å²) in [5, 5.41) is 5.99. The van der Waals surface area contributed by atoms with Crippen LogP contribution < -0.4 is 10.6 Å². The Kier molecular flexibility index (Phi) is 4.59. The Morgan fingerprint density at radius 2 is 1.59 bits per heavy atom. The number of para-hydroxylation sites is 1. The molecule has 2 aliphatic rings. The van der Waals surface area contributed by atoms with Gasteiger partial charge in [-0.2, -0.15) is 0 Å². The predicted octanol–water partition coefficient (Wildman–Crippen LogP) is 4.45. The van der Waals surface area contributed by atoms with E-state index in [1.807, 2.05) is 78.9 Å². The zero-order valence-electron chi connectivity index (χ0n) is 18.2. The third kappa shape index (κ3) is 3.11. The van der Waals surface area contributed by atoms with Gasteiger partial charge in [0, 0.05) is 41.4 Å². The van der Waals surface area contributed by atoms with Crippen molar-refractivity contribution in [2.75, 3.05) is 10.6 Å². The minimum atomic E-state index is -0.971. The zero-order chi connectivity index (χ0) is 23.1. The lowest BCUT2D eigenvalue weighted by Gasteiger charge is -2.28. The number of pyridine rings is 2. The lowest BCUT2D eigenvalue weighted by atomic mass is 9.71. The third-order valence-electron chi connectivity index (χ3n) is 6.47. The summed E-state index contributed by atoms with van der Waals surface area (Å²) in [7, 11) is 0. The summed E-state index contributed by atoms with van der Waals surface area (Å²) in [5.41, 5.74) is 5.04. The van der Waals surface area contributed by atoms with Crippen LogP contribution in [0.1, 0.15) is 28.1 Å². The Balaban J connectivity index is 1.54. The number of nitrogens with zero attached hydrogens (tertiary/aromatic N) is 2. The van der Waals surface area contributed by atoms with Crippen LogP contribution in [0.2, 0.25) is 0 Å². The molecule has 4 heterocycles. The molecule has 2 aromatic heterocycles. The van der Waals surface area contributed by atoms with E-state index in [1.54, 1.807) is 18.5 Å². The minimum Gasteiger partial charge on any atom is -0.325 e. The van der Waals surface area contributed by atoms with Gasteiger partial charge in [0.15, 0.2) is 0 Å². The van der Waals surface area contributed by atoms with Crippen molar-refractivity contribution in [1.29, 1.82) is 0 Å². The van der Waals surface area contributed by atoms with Gasteiger partial charge in [0.05, 0.1) is 11.3 Å². The Morgan fingerprint density at radius 1 is 0.794 bits per heavy atom. The van der Waals surface area contributed by atoms with Gasteiger partial charge >= 0.3 is 0 Å². The fourth-order valence-corrected chi connectivity index (χ4v) is 4.86. The molecular formula is C28H20N4O2.